The molecule has 2 aromatic heterocycles. The van der Waals surface area contributed by atoms with Gasteiger partial charge in [-0.3, -0.25) is 38.1 Å². The average molecular weight is 1050 g/mol. The molecule has 8 rings (SSSR count). The molecule has 0 aliphatic rings. The van der Waals surface area contributed by atoms with Gasteiger partial charge in [0.2, 0.25) is 34.4 Å². The second-order valence-electron chi connectivity index (χ2n) is 14.9. The fourth-order valence-electron chi connectivity index (χ4n) is 6.45. The summed E-state index contributed by atoms with van der Waals surface area (Å²) >= 11 is 0. The number of aromatic nitrogens is 6. The van der Waals surface area contributed by atoms with E-state index in [0.29, 0.717) is 22.7 Å². The highest BCUT2D eigenvalue weighted by Gasteiger charge is 2.18. The van der Waals surface area contributed by atoms with E-state index in [0.717, 1.165) is 36.4 Å². The molecule has 8 aromatic rings. The van der Waals surface area contributed by atoms with Gasteiger partial charge in [-0.1, -0.05) is 60.7 Å². The van der Waals surface area contributed by atoms with Gasteiger partial charge in [0.15, 0.2) is 0 Å². The third kappa shape index (κ3) is 13.2. The summed E-state index contributed by atoms with van der Waals surface area (Å²) in [6.07, 6.45) is 2.37. The van der Waals surface area contributed by atoms with Crippen LogP contribution in [0.25, 0.3) is 12.2 Å². The monoisotopic (exact) mass is 1050 g/mol. The van der Waals surface area contributed by atoms with E-state index in [1.807, 2.05) is 0 Å². The maximum Gasteiger partial charge on any atom is 0.295 e. The molecule has 0 aliphatic heterocycles. The summed E-state index contributed by atoms with van der Waals surface area (Å²) in [5.41, 5.74) is 1.37. The Labute approximate surface area is 407 Å². The fourth-order valence-corrected chi connectivity index (χ4v) is 8.81. The SMILES string of the molecule is O=S(=O)(O)c1ccc(Nc2nc(=Nc3ccccc3)[nH]c(=Nc3ccc(/C=C/c4ccc(N=c5[nH]c(Nc6ccc(S(=O)(=O)O)cc6)nc(=Nc6ccccc6)[nH]5)cc4S(=O)(=O)O)c(S(=O)(=O)O)c3)[nH]2)cc1. The Morgan fingerprint density at radius 2 is 0.764 bits per heavy atom. The van der Waals surface area contributed by atoms with E-state index in [1.165, 1.54) is 60.7 Å². The largest absolute Gasteiger partial charge is 0.326 e. The molecule has 28 heteroatoms. The lowest BCUT2D eigenvalue weighted by atomic mass is 10.1. The van der Waals surface area contributed by atoms with Gasteiger partial charge in [-0.25, -0.2) is 20.0 Å². The van der Waals surface area contributed by atoms with Crippen molar-refractivity contribution in [3.63, 3.8) is 0 Å². The molecule has 2 heterocycles. The zero-order chi connectivity index (χ0) is 51.3. The number of hydrogen-bond acceptors (Lipinski definition) is 16. The van der Waals surface area contributed by atoms with Gasteiger partial charge in [0.05, 0.1) is 32.5 Å². The molecule has 10 N–H and O–H groups in total. The smallest absolute Gasteiger partial charge is 0.295 e. The predicted molar refractivity (Wildman–Crippen MR) is 260 cm³/mol. The quantitative estimate of drug-likeness (QED) is 0.0484. The summed E-state index contributed by atoms with van der Waals surface area (Å²) in [4.78, 5) is 36.2. The molecule has 24 nitrogen and oxygen atoms in total. The minimum Gasteiger partial charge on any atom is -0.326 e. The van der Waals surface area contributed by atoms with Crippen molar-refractivity contribution in [1.29, 1.82) is 0 Å². The lowest BCUT2D eigenvalue weighted by molar-refractivity contribution is 0.480. The summed E-state index contributed by atoms with van der Waals surface area (Å²) in [6, 6.07) is 34.9. The van der Waals surface area contributed by atoms with Crippen molar-refractivity contribution in [2.24, 2.45) is 20.0 Å². The molecule has 0 unspecified atom stereocenters. The predicted octanol–water partition coefficient (Wildman–Crippen LogP) is 5.36. The Hall–Kier alpha value is -8.48. The standard InChI is InChI=1S/C44H36N12O12S4/c57-69(58,59)35-21-17-31(18-22-35)47-41-51-39(45-29-7-3-1-4-8-29)53-43(55-41)49-33-15-13-27(37(25-33)71(63,64)65)11-12-28-14-16-34(26-38(28)72(66,67)68)50-44-54-40(46-30-9-5-2-6-10-30)52-42(56-44)48-32-19-23-36(24-20-32)70(60,61)62/h1-26H,(H,57,58,59)(H,60,61,62)(H,63,64,65)(H,66,67,68)(H3,45,47,49,51,53,55)(H3,46,48,50,52,54,56)/b12-11+. The van der Waals surface area contributed by atoms with Crippen LogP contribution in [0.2, 0.25) is 0 Å². The first-order valence-corrected chi connectivity index (χ1v) is 26.2. The molecule has 0 saturated carbocycles. The molecule has 0 aliphatic carbocycles. The summed E-state index contributed by atoms with van der Waals surface area (Å²) in [6.45, 7) is 0. The van der Waals surface area contributed by atoms with E-state index >= 15 is 0 Å². The second-order valence-corrected chi connectivity index (χ2v) is 20.5. The van der Waals surface area contributed by atoms with Crippen molar-refractivity contribution in [2.75, 3.05) is 10.6 Å². The zero-order valence-corrected chi connectivity index (χ0v) is 39.6. The molecule has 0 atom stereocenters. The van der Waals surface area contributed by atoms with E-state index < -0.39 is 50.3 Å². The van der Waals surface area contributed by atoms with E-state index in [-0.39, 0.29) is 66.7 Å². The molecule has 0 bridgehead atoms. The summed E-state index contributed by atoms with van der Waals surface area (Å²) in [5.74, 6) is 0.0762. The molecule has 368 valence electrons. The van der Waals surface area contributed by atoms with Crippen LogP contribution < -0.4 is 33.1 Å². The van der Waals surface area contributed by atoms with E-state index in [2.05, 4.69) is 60.5 Å². The molecule has 0 spiro atoms. The number of hydrogen-bond donors (Lipinski definition) is 10. The molecule has 0 radical (unpaired) electrons. The van der Waals surface area contributed by atoms with Gasteiger partial charge in [0.25, 0.3) is 40.5 Å². The van der Waals surface area contributed by atoms with Crippen LogP contribution in [0.5, 0.6) is 0 Å². The van der Waals surface area contributed by atoms with Crippen LogP contribution in [0.1, 0.15) is 11.1 Å². The lowest BCUT2D eigenvalue weighted by Gasteiger charge is -2.08. The summed E-state index contributed by atoms with van der Waals surface area (Å²) in [7, 11) is -18.9. The number of nitrogens with zero attached hydrogens (tertiary/aromatic N) is 6. The van der Waals surface area contributed by atoms with Crippen LogP contribution in [-0.4, -0.2) is 81.8 Å². The van der Waals surface area contributed by atoms with Crippen LogP contribution in [-0.2, 0) is 40.5 Å². The van der Waals surface area contributed by atoms with Crippen LogP contribution >= 0.6 is 0 Å². The first-order chi connectivity index (χ1) is 34.1. The number of anilines is 4. The number of para-hydroxylation sites is 2. The van der Waals surface area contributed by atoms with Crippen molar-refractivity contribution < 1.29 is 51.9 Å². The maximum atomic E-state index is 12.8. The van der Waals surface area contributed by atoms with E-state index in [9.17, 15) is 51.9 Å². The molecule has 72 heavy (non-hydrogen) atoms. The average Bonchev–Trinajstić information content (AvgIpc) is 3.31. The highest BCUT2D eigenvalue weighted by atomic mass is 32.2. The van der Waals surface area contributed by atoms with Crippen molar-refractivity contribution >= 4 is 98.6 Å². The Morgan fingerprint density at radius 1 is 0.403 bits per heavy atom. The maximum absolute atomic E-state index is 12.8. The lowest BCUT2D eigenvalue weighted by Crippen LogP contribution is -2.28. The van der Waals surface area contributed by atoms with Gasteiger partial charge in [0.1, 0.15) is 9.79 Å². The van der Waals surface area contributed by atoms with Crippen molar-refractivity contribution in [2.45, 2.75) is 19.6 Å². The van der Waals surface area contributed by atoms with Gasteiger partial charge in [-0.05, 0) is 108 Å². The highest BCUT2D eigenvalue weighted by molar-refractivity contribution is 7.86. The molecule has 0 fully saturated rings. The van der Waals surface area contributed by atoms with E-state index in [1.54, 1.807) is 60.7 Å². The number of aromatic amines is 4. The number of rotatable bonds is 14. The fraction of sp³-hybridized carbons (Fsp3) is 0. The first kappa shape index (κ1) is 49.9. The minimum atomic E-state index is -4.98. The first-order valence-electron chi connectivity index (χ1n) is 20.4. The van der Waals surface area contributed by atoms with Gasteiger partial charge < -0.3 is 10.6 Å². The van der Waals surface area contributed by atoms with Crippen LogP contribution in [0, 0.1) is 0 Å². The highest BCUT2D eigenvalue weighted by Crippen LogP contribution is 2.28. The molecular formula is C44H36N12O12S4. The van der Waals surface area contributed by atoms with Gasteiger partial charge in [0, 0.05) is 11.4 Å². The Bertz CT molecular complexity index is 3880. The molecule has 0 saturated heterocycles. The Morgan fingerprint density at radius 3 is 1.10 bits per heavy atom. The minimum absolute atomic E-state index is 0.0185. The number of H-pyrrole nitrogens is 4. The van der Waals surface area contributed by atoms with Crippen molar-refractivity contribution in [3.05, 3.63) is 179 Å². The Balaban J connectivity index is 1.14. The summed E-state index contributed by atoms with van der Waals surface area (Å²) in [5, 5.41) is 5.88. The van der Waals surface area contributed by atoms with Gasteiger partial charge in [-0.2, -0.15) is 43.6 Å². The molecule has 0 amide bonds. The second kappa shape index (κ2) is 20.5. The third-order valence-electron chi connectivity index (χ3n) is 9.66. The number of benzene rings is 6. The topological polar surface area (TPSA) is 380 Å². The summed E-state index contributed by atoms with van der Waals surface area (Å²) < 4.78 is 137. The number of nitrogens with one attached hydrogen (secondary N) is 6. The normalized spacial score (nSPS) is 13.4. The van der Waals surface area contributed by atoms with Crippen LogP contribution in [0.4, 0.5) is 46.0 Å². The van der Waals surface area contributed by atoms with Crippen LogP contribution in [0.3, 0.4) is 0 Å². The zero-order valence-electron chi connectivity index (χ0n) is 36.4. The Kier molecular flexibility index (Phi) is 14.2. The molecule has 6 aromatic carbocycles. The van der Waals surface area contributed by atoms with Crippen molar-refractivity contribution in [3.8, 4) is 0 Å². The van der Waals surface area contributed by atoms with E-state index in [4.69, 9.17) is 0 Å². The van der Waals surface area contributed by atoms with Gasteiger partial charge >= 0.3 is 0 Å². The van der Waals surface area contributed by atoms with Crippen molar-refractivity contribution in [1.82, 2.24) is 29.9 Å². The molecular weight excluding hydrogens is 1020 g/mol. The third-order valence-corrected chi connectivity index (χ3v) is 13.2. The van der Waals surface area contributed by atoms with Gasteiger partial charge in [-0.15, -0.1) is 0 Å². The van der Waals surface area contributed by atoms with Crippen LogP contribution in [0.15, 0.2) is 185 Å².